The summed E-state index contributed by atoms with van der Waals surface area (Å²) < 4.78 is 0. The molecule has 2 fully saturated rings. The molecule has 9 nitrogen and oxygen atoms in total. The molecule has 5 rings (SSSR count). The van der Waals surface area contributed by atoms with Crippen LogP contribution >= 0.6 is 0 Å². The van der Waals surface area contributed by atoms with E-state index in [1.54, 1.807) is 12.1 Å². The van der Waals surface area contributed by atoms with Crippen LogP contribution in [0, 0.1) is 23.2 Å². The molecule has 262 valence electrons. The van der Waals surface area contributed by atoms with E-state index in [1.807, 2.05) is 54.6 Å². The number of likely N-dealkylation sites (tertiary alicyclic amines) is 1. The summed E-state index contributed by atoms with van der Waals surface area (Å²) in [5.74, 6) is -1.44. The first-order valence-electron chi connectivity index (χ1n) is 17.8. The third kappa shape index (κ3) is 10.0. The number of carbonyl (C=O) groups excluding carboxylic acids is 4. The Morgan fingerprint density at radius 3 is 2.35 bits per heavy atom. The molecule has 49 heavy (non-hydrogen) atoms. The van der Waals surface area contributed by atoms with Crippen LogP contribution in [0.3, 0.4) is 0 Å². The maximum absolute atomic E-state index is 13.9. The van der Waals surface area contributed by atoms with Gasteiger partial charge in [-0.3, -0.25) is 24.1 Å². The fourth-order valence-electron chi connectivity index (χ4n) is 7.75. The molecule has 0 unspecified atom stereocenters. The number of Topliss-reactive ketones (excluding diaryl/α,β-unsaturated/α-hetero) is 2. The summed E-state index contributed by atoms with van der Waals surface area (Å²) in [6.45, 7) is 7.19. The van der Waals surface area contributed by atoms with E-state index in [2.05, 4.69) is 36.0 Å². The molecular weight excluding hydrogens is 616 g/mol. The molecule has 0 bridgehead atoms. The number of hydrogen-bond acceptors (Lipinski definition) is 7. The van der Waals surface area contributed by atoms with Crippen LogP contribution in [0.25, 0.3) is 10.9 Å². The largest absolute Gasteiger partial charge is 0.390 e. The number of nitrogens with two attached hydrogens (primary N) is 1. The van der Waals surface area contributed by atoms with Crippen LogP contribution in [-0.2, 0) is 20.8 Å². The third-order valence-electron chi connectivity index (χ3n) is 10.2. The topological polar surface area (TPSA) is 143 Å². The van der Waals surface area contributed by atoms with E-state index in [1.165, 1.54) is 12.8 Å². The number of primary amides is 1. The van der Waals surface area contributed by atoms with Crippen molar-refractivity contribution in [2.75, 3.05) is 13.1 Å². The molecule has 0 radical (unpaired) electrons. The second-order valence-corrected chi connectivity index (χ2v) is 15.5. The predicted molar refractivity (Wildman–Crippen MR) is 191 cm³/mol. The number of ketones is 2. The van der Waals surface area contributed by atoms with Gasteiger partial charge < -0.3 is 16.2 Å². The number of piperidine rings is 1. The van der Waals surface area contributed by atoms with Gasteiger partial charge in [-0.05, 0) is 54.2 Å². The van der Waals surface area contributed by atoms with Crippen molar-refractivity contribution in [1.82, 2.24) is 15.2 Å². The molecule has 2 aromatic carbocycles. The van der Waals surface area contributed by atoms with Gasteiger partial charge in [-0.1, -0.05) is 94.6 Å². The number of amides is 2. The minimum atomic E-state index is -1.04. The van der Waals surface area contributed by atoms with Crippen LogP contribution in [0.5, 0.6) is 0 Å². The molecule has 6 atom stereocenters. The van der Waals surface area contributed by atoms with Gasteiger partial charge in [-0.15, -0.1) is 0 Å². The summed E-state index contributed by atoms with van der Waals surface area (Å²) in [7, 11) is 0. The van der Waals surface area contributed by atoms with Crippen LogP contribution in [-0.4, -0.2) is 69.6 Å². The average molecular weight is 669 g/mol. The van der Waals surface area contributed by atoms with E-state index < -0.39 is 29.9 Å². The second-order valence-electron chi connectivity index (χ2n) is 15.5. The summed E-state index contributed by atoms with van der Waals surface area (Å²) in [4.78, 5) is 59.8. The van der Waals surface area contributed by atoms with Gasteiger partial charge in [0.15, 0.2) is 5.78 Å². The van der Waals surface area contributed by atoms with Crippen molar-refractivity contribution >= 4 is 34.3 Å². The van der Waals surface area contributed by atoms with Crippen LogP contribution < -0.4 is 11.1 Å². The number of nitrogens with one attached hydrogen (secondary N) is 1. The van der Waals surface area contributed by atoms with Gasteiger partial charge in [0.25, 0.3) is 0 Å². The molecule has 1 aliphatic heterocycles. The number of benzene rings is 2. The molecule has 4 N–H and O–H groups in total. The summed E-state index contributed by atoms with van der Waals surface area (Å²) in [6, 6.07) is 19.4. The molecule has 1 saturated heterocycles. The van der Waals surface area contributed by atoms with E-state index in [0.29, 0.717) is 30.2 Å². The zero-order valence-corrected chi connectivity index (χ0v) is 29.1. The molecule has 1 aromatic heterocycles. The van der Waals surface area contributed by atoms with E-state index in [-0.39, 0.29) is 48.1 Å². The van der Waals surface area contributed by atoms with Crippen LogP contribution in [0.4, 0.5) is 0 Å². The number of β-amino-alcohol motifs (C(OH)–C–C–N with tert-alkyl or cyclic N) is 1. The normalized spacial score (nSPS) is 21.7. The molecule has 1 saturated carbocycles. The number of para-hydroxylation sites is 1. The van der Waals surface area contributed by atoms with Gasteiger partial charge >= 0.3 is 0 Å². The van der Waals surface area contributed by atoms with Crippen molar-refractivity contribution in [3.63, 3.8) is 0 Å². The minimum Gasteiger partial charge on any atom is -0.390 e. The maximum Gasteiger partial charge on any atom is 0.224 e. The number of carbonyl (C=O) groups is 4. The Labute approximate surface area is 290 Å². The van der Waals surface area contributed by atoms with Gasteiger partial charge in [0, 0.05) is 37.7 Å². The van der Waals surface area contributed by atoms with E-state index in [4.69, 9.17) is 5.73 Å². The monoisotopic (exact) mass is 668 g/mol. The first kappa shape index (κ1) is 36.3. The first-order valence-corrected chi connectivity index (χ1v) is 17.8. The lowest BCUT2D eigenvalue weighted by Crippen LogP contribution is -2.57. The average Bonchev–Trinajstić information content (AvgIpc) is 3.06. The maximum atomic E-state index is 13.9. The fourth-order valence-corrected chi connectivity index (χ4v) is 7.75. The number of fused-ring (bicyclic) bond motifs is 2. The van der Waals surface area contributed by atoms with Gasteiger partial charge in [-0.25, -0.2) is 4.98 Å². The Bertz CT molecular complexity index is 1620. The molecule has 2 aliphatic rings. The smallest absolute Gasteiger partial charge is 0.224 e. The molecule has 9 heteroatoms. The number of pyridine rings is 1. The molecule has 3 aromatic rings. The highest BCUT2D eigenvalue weighted by atomic mass is 16.3. The van der Waals surface area contributed by atoms with Gasteiger partial charge in [-0.2, -0.15) is 0 Å². The molecular formula is C40H52N4O5. The van der Waals surface area contributed by atoms with Crippen LogP contribution in [0.1, 0.15) is 88.2 Å². The lowest BCUT2D eigenvalue weighted by atomic mass is 9.71. The lowest BCUT2D eigenvalue weighted by Gasteiger charge is -2.47. The van der Waals surface area contributed by atoms with Crippen molar-refractivity contribution < 1.29 is 24.3 Å². The Morgan fingerprint density at radius 1 is 0.939 bits per heavy atom. The highest BCUT2D eigenvalue weighted by Crippen LogP contribution is 2.40. The number of rotatable bonds is 14. The molecule has 1 aliphatic carbocycles. The van der Waals surface area contributed by atoms with Gasteiger partial charge in [0.2, 0.25) is 11.8 Å². The van der Waals surface area contributed by atoms with Crippen LogP contribution in [0.2, 0.25) is 0 Å². The Morgan fingerprint density at radius 2 is 1.63 bits per heavy atom. The SMILES string of the molecule is CC(C)(C)CC(=O)[C@@H]1C[C@@H]2CCCC[C@@H]2CN1C[C@@H](O)[C@H](Cc1ccccc1)NC(=O)[C@H](CC(N)=O)CC(=O)c1ccc2ccccc2n1. The molecule has 2 heterocycles. The summed E-state index contributed by atoms with van der Waals surface area (Å²) in [6.07, 6.45) is 4.64. The van der Waals surface area contributed by atoms with Crippen LogP contribution in [0.15, 0.2) is 66.7 Å². The summed E-state index contributed by atoms with van der Waals surface area (Å²) in [5, 5.41) is 15.8. The predicted octanol–water partition coefficient (Wildman–Crippen LogP) is 5.27. The highest BCUT2D eigenvalue weighted by Gasteiger charge is 2.42. The van der Waals surface area contributed by atoms with E-state index in [9.17, 15) is 24.3 Å². The number of nitrogens with zero attached hydrogens (tertiary/aromatic N) is 2. The number of aliphatic hydroxyl groups is 1. The van der Waals surface area contributed by atoms with Crippen molar-refractivity contribution in [3.8, 4) is 0 Å². The van der Waals surface area contributed by atoms with Crippen molar-refractivity contribution in [2.24, 2.45) is 28.9 Å². The fraction of sp³-hybridized carbons (Fsp3) is 0.525. The third-order valence-corrected chi connectivity index (χ3v) is 10.2. The Hall–Kier alpha value is -3.95. The standard InChI is InChI=1S/C40H52N4O5/c1-40(2,3)23-36(46)34-20-28-14-7-8-15-29(28)24-44(34)25-37(47)33(19-26-11-5-4-6-12-26)43-39(49)30(22-38(41)48)21-35(45)32-18-17-27-13-9-10-16-31(27)42-32/h4-6,9-13,16-18,28-30,33-34,37,47H,7-8,14-15,19-25H2,1-3H3,(H2,41,48)(H,43,49)/t28-,29+,30-,33-,34-,37+/m0/s1. The molecule has 2 amide bonds. The lowest BCUT2D eigenvalue weighted by molar-refractivity contribution is -0.132. The summed E-state index contributed by atoms with van der Waals surface area (Å²) >= 11 is 0. The second kappa shape index (κ2) is 16.2. The first-order chi connectivity index (χ1) is 23.4. The number of hydrogen-bond donors (Lipinski definition) is 3. The number of aliphatic hydroxyl groups excluding tert-OH is 1. The van der Waals surface area contributed by atoms with Gasteiger partial charge in [0.05, 0.1) is 29.6 Å². The quantitative estimate of drug-likeness (QED) is 0.199. The van der Waals surface area contributed by atoms with Crippen molar-refractivity contribution in [3.05, 3.63) is 78.0 Å². The van der Waals surface area contributed by atoms with Gasteiger partial charge in [0.1, 0.15) is 11.5 Å². The zero-order valence-electron chi connectivity index (χ0n) is 29.1. The van der Waals surface area contributed by atoms with E-state index in [0.717, 1.165) is 36.8 Å². The van der Waals surface area contributed by atoms with Crippen molar-refractivity contribution in [1.29, 1.82) is 0 Å². The molecule has 0 spiro atoms. The summed E-state index contributed by atoms with van der Waals surface area (Å²) in [5.41, 5.74) is 7.20. The number of aromatic nitrogens is 1. The Balaban J connectivity index is 1.35. The highest BCUT2D eigenvalue weighted by molar-refractivity contribution is 5.99. The Kier molecular flexibility index (Phi) is 12.0. The van der Waals surface area contributed by atoms with Crippen molar-refractivity contribution in [2.45, 2.75) is 96.7 Å². The zero-order chi connectivity index (χ0) is 35.1. The van der Waals surface area contributed by atoms with E-state index >= 15 is 0 Å². The minimum absolute atomic E-state index is 0.149.